The van der Waals surface area contributed by atoms with E-state index in [2.05, 4.69) is 33.8 Å². The zero-order valence-electron chi connectivity index (χ0n) is 15.3. The van der Waals surface area contributed by atoms with Gasteiger partial charge in [-0.3, -0.25) is 9.78 Å². The Morgan fingerprint density at radius 3 is 2.61 bits per heavy atom. The number of benzene rings is 1. The number of pyridine rings is 1. The number of nitrogens with zero attached hydrogens (tertiary/aromatic N) is 3. The molecule has 0 aliphatic rings. The van der Waals surface area contributed by atoms with E-state index in [-0.39, 0.29) is 5.91 Å². The van der Waals surface area contributed by atoms with Crippen LogP contribution in [0.5, 0.6) is 0 Å². The lowest BCUT2D eigenvalue weighted by Gasteiger charge is -2.09. The molecule has 7 heteroatoms. The lowest BCUT2D eigenvalue weighted by atomic mass is 10.2. The Labute approximate surface area is 166 Å². The van der Waals surface area contributed by atoms with E-state index in [0.29, 0.717) is 18.9 Å². The predicted octanol–water partition coefficient (Wildman–Crippen LogP) is 3.97. The highest BCUT2D eigenvalue weighted by molar-refractivity contribution is 7.21. The van der Waals surface area contributed by atoms with E-state index in [1.807, 2.05) is 30.3 Å². The van der Waals surface area contributed by atoms with Crippen LogP contribution in [-0.2, 0) is 4.79 Å². The second kappa shape index (κ2) is 8.14. The fourth-order valence-electron chi connectivity index (χ4n) is 2.84. The van der Waals surface area contributed by atoms with E-state index < -0.39 is 0 Å². The highest BCUT2D eigenvalue weighted by atomic mass is 32.1. The number of anilines is 1. The SMILES string of the molecule is CC(=O)NCCNc1nc(-c2cccnc2)nc2sc(-c3ccccc3)cc12. The van der Waals surface area contributed by atoms with Crippen molar-refractivity contribution in [2.24, 2.45) is 0 Å². The highest BCUT2D eigenvalue weighted by Gasteiger charge is 2.14. The number of carbonyl (C=O) groups is 1. The van der Waals surface area contributed by atoms with Crippen LogP contribution in [0.4, 0.5) is 5.82 Å². The number of fused-ring (bicyclic) bond motifs is 1. The van der Waals surface area contributed by atoms with Gasteiger partial charge in [-0.1, -0.05) is 30.3 Å². The molecule has 140 valence electrons. The van der Waals surface area contributed by atoms with Gasteiger partial charge < -0.3 is 10.6 Å². The molecule has 0 bridgehead atoms. The third-order valence-corrected chi connectivity index (χ3v) is 5.24. The van der Waals surface area contributed by atoms with Crippen LogP contribution in [0, 0.1) is 0 Å². The van der Waals surface area contributed by atoms with Crippen molar-refractivity contribution in [1.82, 2.24) is 20.3 Å². The van der Waals surface area contributed by atoms with Crippen LogP contribution in [-0.4, -0.2) is 33.9 Å². The van der Waals surface area contributed by atoms with Crippen molar-refractivity contribution in [3.05, 3.63) is 60.9 Å². The lowest BCUT2D eigenvalue weighted by molar-refractivity contribution is -0.118. The molecule has 3 heterocycles. The zero-order valence-corrected chi connectivity index (χ0v) is 16.2. The van der Waals surface area contributed by atoms with Gasteiger partial charge in [-0.25, -0.2) is 9.97 Å². The van der Waals surface area contributed by atoms with Crippen LogP contribution in [0.25, 0.3) is 32.0 Å². The van der Waals surface area contributed by atoms with Crippen molar-refractivity contribution in [2.45, 2.75) is 6.92 Å². The van der Waals surface area contributed by atoms with Gasteiger partial charge in [0.15, 0.2) is 5.82 Å². The first kappa shape index (κ1) is 18.1. The number of hydrogen-bond donors (Lipinski definition) is 2. The number of thiophene rings is 1. The smallest absolute Gasteiger partial charge is 0.216 e. The fourth-order valence-corrected chi connectivity index (χ4v) is 3.88. The van der Waals surface area contributed by atoms with Crippen molar-refractivity contribution in [3.63, 3.8) is 0 Å². The van der Waals surface area contributed by atoms with E-state index in [0.717, 1.165) is 32.0 Å². The number of aromatic nitrogens is 3. The fraction of sp³-hybridized carbons (Fsp3) is 0.143. The molecular weight excluding hydrogens is 370 g/mol. The van der Waals surface area contributed by atoms with Crippen molar-refractivity contribution in [1.29, 1.82) is 0 Å². The summed E-state index contributed by atoms with van der Waals surface area (Å²) in [7, 11) is 0. The average molecular weight is 389 g/mol. The van der Waals surface area contributed by atoms with Crippen LogP contribution in [0.3, 0.4) is 0 Å². The van der Waals surface area contributed by atoms with Gasteiger partial charge in [-0.15, -0.1) is 11.3 Å². The monoisotopic (exact) mass is 389 g/mol. The van der Waals surface area contributed by atoms with Crippen LogP contribution >= 0.6 is 11.3 Å². The van der Waals surface area contributed by atoms with Crippen LogP contribution in [0.2, 0.25) is 0 Å². The summed E-state index contributed by atoms with van der Waals surface area (Å²) < 4.78 is 0. The van der Waals surface area contributed by atoms with Crippen LogP contribution in [0.15, 0.2) is 60.9 Å². The third-order valence-electron chi connectivity index (χ3n) is 4.16. The maximum absolute atomic E-state index is 11.1. The molecule has 0 radical (unpaired) electrons. The number of nitrogens with one attached hydrogen (secondary N) is 2. The van der Waals surface area contributed by atoms with Crippen molar-refractivity contribution < 1.29 is 4.79 Å². The molecule has 0 aliphatic heterocycles. The van der Waals surface area contributed by atoms with Gasteiger partial charge in [0, 0.05) is 42.8 Å². The predicted molar refractivity (Wildman–Crippen MR) is 113 cm³/mol. The summed E-state index contributed by atoms with van der Waals surface area (Å²) >= 11 is 1.64. The summed E-state index contributed by atoms with van der Waals surface area (Å²) in [6.07, 6.45) is 3.49. The highest BCUT2D eigenvalue weighted by Crippen LogP contribution is 2.36. The normalized spacial score (nSPS) is 10.8. The molecule has 0 spiro atoms. The molecule has 1 amide bonds. The minimum Gasteiger partial charge on any atom is -0.368 e. The van der Waals surface area contributed by atoms with E-state index in [1.54, 1.807) is 23.7 Å². The lowest BCUT2D eigenvalue weighted by Crippen LogP contribution is -2.26. The Morgan fingerprint density at radius 1 is 1.04 bits per heavy atom. The minimum atomic E-state index is -0.0485. The zero-order chi connectivity index (χ0) is 19.3. The molecule has 1 aromatic carbocycles. The minimum absolute atomic E-state index is 0.0485. The van der Waals surface area contributed by atoms with Crippen LogP contribution in [0.1, 0.15) is 6.92 Å². The molecule has 6 nitrogen and oxygen atoms in total. The average Bonchev–Trinajstić information content (AvgIpc) is 3.16. The second-order valence-corrected chi connectivity index (χ2v) is 7.27. The maximum Gasteiger partial charge on any atom is 0.216 e. The Morgan fingerprint density at radius 2 is 1.86 bits per heavy atom. The Balaban J connectivity index is 1.74. The topological polar surface area (TPSA) is 79.8 Å². The second-order valence-electron chi connectivity index (χ2n) is 6.24. The van der Waals surface area contributed by atoms with E-state index in [1.165, 1.54) is 6.92 Å². The summed E-state index contributed by atoms with van der Waals surface area (Å²) in [5, 5.41) is 7.10. The largest absolute Gasteiger partial charge is 0.368 e. The molecule has 4 aromatic rings. The number of hydrogen-bond acceptors (Lipinski definition) is 6. The van der Waals surface area contributed by atoms with Gasteiger partial charge in [-0.05, 0) is 23.8 Å². The molecular formula is C21H19N5OS. The molecule has 0 aliphatic carbocycles. The Bertz CT molecular complexity index is 1100. The van der Waals surface area contributed by atoms with Gasteiger partial charge in [0.2, 0.25) is 5.91 Å². The van der Waals surface area contributed by atoms with Crippen molar-refractivity contribution >= 4 is 33.3 Å². The summed E-state index contributed by atoms with van der Waals surface area (Å²) in [5.74, 6) is 1.34. The van der Waals surface area contributed by atoms with Gasteiger partial charge in [0.25, 0.3) is 0 Å². The van der Waals surface area contributed by atoms with Gasteiger partial charge in [-0.2, -0.15) is 0 Å². The summed E-state index contributed by atoms with van der Waals surface area (Å²) in [5.41, 5.74) is 2.02. The molecule has 0 atom stereocenters. The molecule has 0 saturated heterocycles. The van der Waals surface area contributed by atoms with Crippen molar-refractivity contribution in [2.75, 3.05) is 18.4 Å². The molecule has 4 rings (SSSR count). The first-order valence-corrected chi connectivity index (χ1v) is 9.78. The first-order valence-electron chi connectivity index (χ1n) is 8.96. The Kier molecular flexibility index (Phi) is 5.25. The molecule has 0 unspecified atom stereocenters. The standard InChI is InChI=1S/C21H19N5OS/c1-14(27)23-10-11-24-20-17-12-18(15-6-3-2-4-7-15)28-21(17)26-19(25-20)16-8-5-9-22-13-16/h2-9,12-13H,10-11H2,1H3,(H,23,27)(H,24,25,26). The number of carbonyl (C=O) groups excluding carboxylic acids is 1. The Hall–Kier alpha value is -3.32. The summed E-state index contributed by atoms with van der Waals surface area (Å²) in [4.78, 5) is 26.8. The van der Waals surface area contributed by atoms with E-state index in [9.17, 15) is 4.79 Å². The molecule has 28 heavy (non-hydrogen) atoms. The summed E-state index contributed by atoms with van der Waals surface area (Å²) in [6.45, 7) is 2.61. The molecule has 2 N–H and O–H groups in total. The van der Waals surface area contributed by atoms with E-state index >= 15 is 0 Å². The summed E-state index contributed by atoms with van der Waals surface area (Å²) in [6, 6.07) is 16.2. The van der Waals surface area contributed by atoms with Crippen LogP contribution < -0.4 is 10.6 Å². The molecule has 3 aromatic heterocycles. The van der Waals surface area contributed by atoms with E-state index in [4.69, 9.17) is 9.97 Å². The first-order chi connectivity index (χ1) is 13.7. The van der Waals surface area contributed by atoms with Gasteiger partial charge >= 0.3 is 0 Å². The maximum atomic E-state index is 11.1. The van der Waals surface area contributed by atoms with Crippen molar-refractivity contribution in [3.8, 4) is 21.8 Å². The number of amides is 1. The third kappa shape index (κ3) is 3.99. The molecule has 0 fully saturated rings. The molecule has 0 saturated carbocycles. The number of rotatable bonds is 6. The van der Waals surface area contributed by atoms with Gasteiger partial charge in [0.1, 0.15) is 10.6 Å². The van der Waals surface area contributed by atoms with Gasteiger partial charge in [0.05, 0.1) is 5.39 Å². The quantitative estimate of drug-likeness (QED) is 0.488.